The molecular formula is C19H15BrN2O5. The standard InChI is InChI=1S/C19H15BrN2O5/c1-25-13-6-4-12(5-7-13)21-18(23)15(11-14-3-2-10-26-14)22-19(24)16-8-9-17(20)27-16/h2-11H,1H3,(H,21,23)(H,22,24)/b15-11-. The zero-order valence-electron chi connectivity index (χ0n) is 14.2. The van der Waals surface area contributed by atoms with Gasteiger partial charge in [-0.2, -0.15) is 0 Å². The maximum absolute atomic E-state index is 12.7. The molecule has 7 nitrogen and oxygen atoms in total. The minimum absolute atomic E-state index is 0.00158. The summed E-state index contributed by atoms with van der Waals surface area (Å²) in [6.45, 7) is 0. The quantitative estimate of drug-likeness (QED) is 0.575. The van der Waals surface area contributed by atoms with Crippen LogP contribution in [0.15, 0.2) is 74.0 Å². The number of hydrogen-bond donors (Lipinski definition) is 2. The summed E-state index contributed by atoms with van der Waals surface area (Å²) in [5.41, 5.74) is 0.541. The average Bonchev–Trinajstić information content (AvgIpc) is 3.33. The van der Waals surface area contributed by atoms with E-state index in [4.69, 9.17) is 13.6 Å². The summed E-state index contributed by atoms with van der Waals surface area (Å²) in [5, 5.41) is 5.25. The van der Waals surface area contributed by atoms with Crippen LogP contribution in [0, 0.1) is 0 Å². The highest BCUT2D eigenvalue weighted by molar-refractivity contribution is 9.10. The first-order valence-electron chi connectivity index (χ1n) is 7.82. The van der Waals surface area contributed by atoms with Crippen molar-refractivity contribution in [3.8, 4) is 5.75 Å². The van der Waals surface area contributed by atoms with E-state index in [1.165, 1.54) is 18.4 Å². The molecular weight excluding hydrogens is 416 g/mol. The molecule has 0 unspecified atom stereocenters. The van der Waals surface area contributed by atoms with Crippen molar-refractivity contribution in [2.75, 3.05) is 12.4 Å². The number of furan rings is 2. The molecule has 2 heterocycles. The van der Waals surface area contributed by atoms with Gasteiger partial charge in [-0.05, 0) is 64.5 Å². The summed E-state index contributed by atoms with van der Waals surface area (Å²) < 4.78 is 15.9. The lowest BCUT2D eigenvalue weighted by molar-refractivity contribution is -0.113. The Labute approximate surface area is 163 Å². The molecule has 0 aliphatic carbocycles. The van der Waals surface area contributed by atoms with Crippen molar-refractivity contribution in [2.45, 2.75) is 0 Å². The number of carbonyl (C=O) groups excluding carboxylic acids is 2. The van der Waals surface area contributed by atoms with Crippen LogP contribution in [0.3, 0.4) is 0 Å². The van der Waals surface area contributed by atoms with Gasteiger partial charge in [0, 0.05) is 11.8 Å². The number of rotatable bonds is 6. The van der Waals surface area contributed by atoms with E-state index in [1.54, 1.807) is 49.6 Å². The molecule has 0 saturated carbocycles. The van der Waals surface area contributed by atoms with Crippen LogP contribution < -0.4 is 15.4 Å². The second-order valence-corrected chi connectivity index (χ2v) is 6.10. The monoisotopic (exact) mass is 430 g/mol. The van der Waals surface area contributed by atoms with Gasteiger partial charge in [0.1, 0.15) is 17.2 Å². The molecule has 2 aromatic heterocycles. The summed E-state index contributed by atoms with van der Waals surface area (Å²) in [6.07, 6.45) is 2.89. The van der Waals surface area contributed by atoms with Crippen LogP contribution >= 0.6 is 15.9 Å². The van der Waals surface area contributed by atoms with Gasteiger partial charge in [-0.25, -0.2) is 0 Å². The van der Waals surface area contributed by atoms with Crippen LogP contribution in [-0.2, 0) is 4.79 Å². The number of carbonyl (C=O) groups is 2. The summed E-state index contributed by atoms with van der Waals surface area (Å²) in [7, 11) is 1.56. The molecule has 0 bridgehead atoms. The zero-order chi connectivity index (χ0) is 19.2. The Kier molecular flexibility index (Phi) is 5.77. The minimum atomic E-state index is -0.566. The van der Waals surface area contributed by atoms with Crippen LogP contribution in [0.5, 0.6) is 5.75 Å². The molecule has 3 rings (SSSR count). The number of halogens is 1. The summed E-state index contributed by atoms with van der Waals surface area (Å²) in [6, 6.07) is 13.2. The number of ether oxygens (including phenoxy) is 1. The maximum Gasteiger partial charge on any atom is 0.291 e. The third kappa shape index (κ3) is 4.89. The fourth-order valence-corrected chi connectivity index (χ4v) is 2.47. The Balaban J connectivity index is 1.80. The van der Waals surface area contributed by atoms with Gasteiger partial charge < -0.3 is 24.2 Å². The highest BCUT2D eigenvalue weighted by Gasteiger charge is 2.18. The van der Waals surface area contributed by atoms with E-state index < -0.39 is 11.8 Å². The number of methoxy groups -OCH3 is 1. The largest absolute Gasteiger partial charge is 0.497 e. The van der Waals surface area contributed by atoms with Gasteiger partial charge in [0.25, 0.3) is 11.8 Å². The maximum atomic E-state index is 12.7. The van der Waals surface area contributed by atoms with Gasteiger partial charge in [0.15, 0.2) is 10.4 Å². The lowest BCUT2D eigenvalue weighted by atomic mass is 10.2. The highest BCUT2D eigenvalue weighted by atomic mass is 79.9. The molecule has 0 spiro atoms. The van der Waals surface area contributed by atoms with Crippen molar-refractivity contribution in [1.82, 2.24) is 5.32 Å². The van der Waals surface area contributed by atoms with E-state index in [2.05, 4.69) is 26.6 Å². The van der Waals surface area contributed by atoms with Gasteiger partial charge in [0.05, 0.1) is 13.4 Å². The van der Waals surface area contributed by atoms with Crippen LogP contribution in [0.1, 0.15) is 16.3 Å². The molecule has 2 amide bonds. The van der Waals surface area contributed by atoms with E-state index in [1.807, 2.05) is 0 Å². The molecule has 0 fully saturated rings. The minimum Gasteiger partial charge on any atom is -0.497 e. The topological polar surface area (TPSA) is 93.7 Å². The first kappa shape index (κ1) is 18.5. The molecule has 8 heteroatoms. The molecule has 2 N–H and O–H groups in total. The second kappa shape index (κ2) is 8.41. The third-order valence-electron chi connectivity index (χ3n) is 3.47. The number of nitrogens with one attached hydrogen (secondary N) is 2. The molecule has 3 aromatic rings. The Morgan fingerprint density at radius 1 is 1.11 bits per heavy atom. The normalized spacial score (nSPS) is 11.1. The van der Waals surface area contributed by atoms with Gasteiger partial charge in [0.2, 0.25) is 0 Å². The molecule has 0 aliphatic heterocycles. The summed E-state index contributed by atoms with van der Waals surface area (Å²) >= 11 is 3.13. The van der Waals surface area contributed by atoms with Crippen molar-refractivity contribution in [3.63, 3.8) is 0 Å². The fraction of sp³-hybridized carbons (Fsp3) is 0.0526. The smallest absolute Gasteiger partial charge is 0.291 e. The van der Waals surface area contributed by atoms with Crippen molar-refractivity contribution in [1.29, 1.82) is 0 Å². The Morgan fingerprint density at radius 3 is 2.48 bits per heavy atom. The molecule has 0 aliphatic rings. The summed E-state index contributed by atoms with van der Waals surface area (Å²) in [4.78, 5) is 25.0. The van der Waals surface area contributed by atoms with E-state index in [0.29, 0.717) is 21.9 Å². The molecule has 0 saturated heterocycles. The SMILES string of the molecule is COc1ccc(NC(=O)/C(=C/c2ccco2)NC(=O)c2ccc(Br)o2)cc1. The Hall–Kier alpha value is -3.26. The Morgan fingerprint density at radius 2 is 1.89 bits per heavy atom. The van der Waals surface area contributed by atoms with Crippen molar-refractivity contribution < 1.29 is 23.2 Å². The number of anilines is 1. The van der Waals surface area contributed by atoms with E-state index >= 15 is 0 Å². The van der Waals surface area contributed by atoms with E-state index in [9.17, 15) is 9.59 Å². The second-order valence-electron chi connectivity index (χ2n) is 5.31. The van der Waals surface area contributed by atoms with Crippen molar-refractivity contribution in [2.24, 2.45) is 0 Å². The van der Waals surface area contributed by atoms with Crippen molar-refractivity contribution in [3.05, 3.63) is 76.7 Å². The summed E-state index contributed by atoms with van der Waals surface area (Å²) in [5.74, 6) is 0.0512. The molecule has 138 valence electrons. The van der Waals surface area contributed by atoms with Gasteiger partial charge in [-0.15, -0.1) is 0 Å². The molecule has 0 atom stereocenters. The van der Waals surface area contributed by atoms with Crippen LogP contribution in [-0.4, -0.2) is 18.9 Å². The fourth-order valence-electron chi connectivity index (χ4n) is 2.17. The van der Waals surface area contributed by atoms with E-state index in [0.717, 1.165) is 0 Å². The predicted molar refractivity (Wildman–Crippen MR) is 102 cm³/mol. The molecule has 27 heavy (non-hydrogen) atoms. The van der Waals surface area contributed by atoms with Crippen LogP contribution in [0.4, 0.5) is 5.69 Å². The van der Waals surface area contributed by atoms with Gasteiger partial charge >= 0.3 is 0 Å². The molecule has 1 aromatic carbocycles. The van der Waals surface area contributed by atoms with Gasteiger partial charge in [-0.1, -0.05) is 0 Å². The van der Waals surface area contributed by atoms with Crippen LogP contribution in [0.2, 0.25) is 0 Å². The lowest BCUT2D eigenvalue weighted by Crippen LogP contribution is -2.30. The third-order valence-corrected chi connectivity index (χ3v) is 3.89. The lowest BCUT2D eigenvalue weighted by Gasteiger charge is -2.10. The van der Waals surface area contributed by atoms with Crippen LogP contribution in [0.25, 0.3) is 6.08 Å². The number of benzene rings is 1. The van der Waals surface area contributed by atoms with E-state index in [-0.39, 0.29) is 11.5 Å². The average molecular weight is 431 g/mol. The van der Waals surface area contributed by atoms with Crippen molar-refractivity contribution >= 4 is 39.5 Å². The first-order valence-corrected chi connectivity index (χ1v) is 8.62. The number of hydrogen-bond acceptors (Lipinski definition) is 5. The number of amides is 2. The highest BCUT2D eigenvalue weighted by Crippen LogP contribution is 2.17. The zero-order valence-corrected chi connectivity index (χ0v) is 15.8. The Bertz CT molecular complexity index is 958. The predicted octanol–water partition coefficient (Wildman–Crippen LogP) is 4.05. The van der Waals surface area contributed by atoms with Gasteiger partial charge in [-0.3, -0.25) is 9.59 Å². The first-order chi connectivity index (χ1) is 13.0. The molecule has 0 radical (unpaired) electrons.